The monoisotopic (exact) mass is 398 g/mol. The van der Waals surface area contributed by atoms with E-state index in [9.17, 15) is 9.18 Å². The molecule has 154 valence electrons. The smallest absolute Gasteiger partial charge is 0.223 e. The van der Waals surface area contributed by atoms with Gasteiger partial charge in [-0.1, -0.05) is 0 Å². The summed E-state index contributed by atoms with van der Waals surface area (Å²) < 4.78 is 18.5. The van der Waals surface area contributed by atoms with E-state index in [0.29, 0.717) is 19.5 Å². The molecule has 1 amide bonds. The molecular weight excluding hydrogens is 371 g/mol. The molecule has 0 atom stereocenters. The van der Waals surface area contributed by atoms with Crippen molar-refractivity contribution in [1.82, 2.24) is 9.88 Å². The fourth-order valence-electron chi connectivity index (χ4n) is 3.86. The molecule has 0 aliphatic carbocycles. The number of aromatic nitrogens is 1. The van der Waals surface area contributed by atoms with Crippen LogP contribution >= 0.6 is 0 Å². The van der Waals surface area contributed by atoms with Gasteiger partial charge in [-0.2, -0.15) is 0 Å². The van der Waals surface area contributed by atoms with E-state index < -0.39 is 0 Å². The van der Waals surface area contributed by atoms with Gasteiger partial charge in [0.2, 0.25) is 5.91 Å². The Morgan fingerprint density at radius 3 is 2.41 bits per heavy atom. The van der Waals surface area contributed by atoms with Crippen molar-refractivity contribution in [3.63, 3.8) is 0 Å². The van der Waals surface area contributed by atoms with E-state index in [1.54, 1.807) is 12.1 Å². The van der Waals surface area contributed by atoms with Gasteiger partial charge in [0.1, 0.15) is 11.6 Å². The van der Waals surface area contributed by atoms with Gasteiger partial charge in [0.15, 0.2) is 0 Å². The van der Waals surface area contributed by atoms with E-state index in [0.717, 1.165) is 62.9 Å². The van der Waals surface area contributed by atoms with Crippen LogP contribution in [0.1, 0.15) is 12.0 Å². The van der Waals surface area contributed by atoms with Crippen LogP contribution in [0.2, 0.25) is 0 Å². The number of aryl methyl sites for hydroxylation is 1. The summed E-state index contributed by atoms with van der Waals surface area (Å²) in [4.78, 5) is 23.5. The predicted octanol–water partition coefficient (Wildman–Crippen LogP) is 2.34. The molecule has 0 N–H and O–H groups in total. The first-order valence-electron chi connectivity index (χ1n) is 10.2. The Balaban J connectivity index is 1.26. The van der Waals surface area contributed by atoms with Gasteiger partial charge in [-0.05, 0) is 48.4 Å². The average molecular weight is 398 g/mol. The van der Waals surface area contributed by atoms with Crippen molar-refractivity contribution < 1.29 is 13.9 Å². The lowest BCUT2D eigenvalue weighted by Gasteiger charge is -2.36. The van der Waals surface area contributed by atoms with Crippen LogP contribution in [0.15, 0.2) is 42.6 Å². The van der Waals surface area contributed by atoms with Crippen molar-refractivity contribution >= 4 is 17.4 Å². The average Bonchev–Trinajstić information content (AvgIpc) is 2.79. The quantitative estimate of drug-likeness (QED) is 0.774. The number of halogens is 1. The molecule has 0 radical (unpaired) electrons. The zero-order valence-corrected chi connectivity index (χ0v) is 16.6. The Labute approximate surface area is 170 Å². The summed E-state index contributed by atoms with van der Waals surface area (Å²) in [5, 5.41) is 0. The minimum absolute atomic E-state index is 0.188. The first-order valence-corrected chi connectivity index (χ1v) is 10.2. The number of ether oxygens (including phenoxy) is 1. The van der Waals surface area contributed by atoms with Crippen LogP contribution in [0.5, 0.6) is 0 Å². The Bertz CT molecular complexity index is 816. The number of pyridine rings is 1. The van der Waals surface area contributed by atoms with Crippen LogP contribution in [0.3, 0.4) is 0 Å². The van der Waals surface area contributed by atoms with Crippen LogP contribution in [0, 0.1) is 5.82 Å². The highest BCUT2D eigenvalue weighted by Gasteiger charge is 2.21. The van der Waals surface area contributed by atoms with Gasteiger partial charge < -0.3 is 19.4 Å². The summed E-state index contributed by atoms with van der Waals surface area (Å²) in [5.41, 5.74) is 2.14. The van der Waals surface area contributed by atoms with Gasteiger partial charge in [-0.3, -0.25) is 4.79 Å². The Morgan fingerprint density at radius 2 is 1.69 bits per heavy atom. The summed E-state index contributed by atoms with van der Waals surface area (Å²) >= 11 is 0. The molecule has 6 nitrogen and oxygen atoms in total. The van der Waals surface area contributed by atoms with Gasteiger partial charge in [0, 0.05) is 57.6 Å². The third-order valence-corrected chi connectivity index (χ3v) is 5.60. The van der Waals surface area contributed by atoms with Crippen LogP contribution in [0.4, 0.5) is 15.9 Å². The maximum Gasteiger partial charge on any atom is 0.223 e. The van der Waals surface area contributed by atoms with E-state index in [2.05, 4.69) is 20.9 Å². The minimum atomic E-state index is -0.226. The lowest BCUT2D eigenvalue weighted by atomic mass is 10.1. The molecule has 29 heavy (non-hydrogen) atoms. The van der Waals surface area contributed by atoms with E-state index in [-0.39, 0.29) is 11.7 Å². The molecule has 4 rings (SSSR count). The second-order valence-corrected chi connectivity index (χ2v) is 7.47. The van der Waals surface area contributed by atoms with Crippen molar-refractivity contribution in [1.29, 1.82) is 0 Å². The lowest BCUT2D eigenvalue weighted by molar-refractivity contribution is -0.131. The topological polar surface area (TPSA) is 48.9 Å². The Morgan fingerprint density at radius 1 is 0.966 bits per heavy atom. The van der Waals surface area contributed by atoms with E-state index >= 15 is 0 Å². The molecule has 1 aromatic carbocycles. The van der Waals surface area contributed by atoms with Gasteiger partial charge >= 0.3 is 0 Å². The van der Waals surface area contributed by atoms with Gasteiger partial charge in [-0.15, -0.1) is 0 Å². The number of carbonyl (C=O) groups excluding carboxylic acids is 1. The number of rotatable bonds is 5. The summed E-state index contributed by atoms with van der Waals surface area (Å²) in [6, 6.07) is 10.6. The second-order valence-electron chi connectivity index (χ2n) is 7.47. The maximum atomic E-state index is 13.1. The molecule has 0 saturated carbocycles. The zero-order chi connectivity index (χ0) is 20.1. The van der Waals surface area contributed by atoms with Crippen molar-refractivity contribution in [2.75, 3.05) is 62.3 Å². The van der Waals surface area contributed by atoms with Crippen molar-refractivity contribution in [3.05, 3.63) is 54.0 Å². The fraction of sp³-hybridized carbons (Fsp3) is 0.455. The standard InChI is InChI=1S/C22H27FN4O2/c23-19-2-4-20(5-3-19)25-9-11-27(12-10-25)22(28)6-1-18-7-8-24-21(17-18)26-13-15-29-16-14-26/h2-5,7-8,17H,1,6,9-16H2. The molecule has 2 aromatic rings. The van der Waals surface area contributed by atoms with Crippen molar-refractivity contribution in [2.24, 2.45) is 0 Å². The van der Waals surface area contributed by atoms with E-state index in [4.69, 9.17) is 4.74 Å². The molecule has 3 heterocycles. The fourth-order valence-corrected chi connectivity index (χ4v) is 3.86. The number of piperazine rings is 1. The third kappa shape index (κ3) is 5.03. The number of hydrogen-bond acceptors (Lipinski definition) is 5. The molecule has 0 bridgehead atoms. The van der Waals surface area contributed by atoms with Gasteiger partial charge in [-0.25, -0.2) is 9.37 Å². The van der Waals surface area contributed by atoms with Crippen LogP contribution in [-0.4, -0.2) is 68.3 Å². The molecular formula is C22H27FN4O2. The number of hydrogen-bond donors (Lipinski definition) is 0. The van der Waals surface area contributed by atoms with Gasteiger partial charge in [0.25, 0.3) is 0 Å². The van der Waals surface area contributed by atoms with E-state index in [1.165, 1.54) is 12.1 Å². The van der Waals surface area contributed by atoms with Crippen LogP contribution in [-0.2, 0) is 16.0 Å². The Kier molecular flexibility index (Phi) is 6.24. The van der Waals surface area contributed by atoms with Crippen molar-refractivity contribution in [2.45, 2.75) is 12.8 Å². The number of morpholine rings is 1. The summed E-state index contributed by atoms with van der Waals surface area (Å²) in [7, 11) is 0. The second kappa shape index (κ2) is 9.22. The maximum absolute atomic E-state index is 13.1. The van der Waals surface area contributed by atoms with Crippen LogP contribution < -0.4 is 9.80 Å². The van der Waals surface area contributed by atoms with Gasteiger partial charge in [0.05, 0.1) is 13.2 Å². The highest BCUT2D eigenvalue weighted by Crippen LogP contribution is 2.18. The molecule has 2 aliphatic rings. The summed E-state index contributed by atoms with van der Waals surface area (Å²) in [6.45, 7) is 6.11. The summed E-state index contributed by atoms with van der Waals surface area (Å²) in [6.07, 6.45) is 3.05. The highest BCUT2D eigenvalue weighted by molar-refractivity contribution is 5.76. The first-order chi connectivity index (χ1) is 14.2. The molecule has 1 aromatic heterocycles. The minimum Gasteiger partial charge on any atom is -0.378 e. The first kappa shape index (κ1) is 19.6. The molecule has 2 aliphatic heterocycles. The molecule has 2 fully saturated rings. The summed E-state index contributed by atoms with van der Waals surface area (Å²) in [5.74, 6) is 0.926. The van der Waals surface area contributed by atoms with E-state index in [1.807, 2.05) is 17.2 Å². The van der Waals surface area contributed by atoms with Crippen molar-refractivity contribution in [3.8, 4) is 0 Å². The SMILES string of the molecule is O=C(CCc1ccnc(N2CCOCC2)c1)N1CCN(c2ccc(F)cc2)CC1. The molecule has 2 saturated heterocycles. The normalized spacial score (nSPS) is 17.5. The predicted molar refractivity (Wildman–Crippen MR) is 111 cm³/mol. The largest absolute Gasteiger partial charge is 0.378 e. The lowest BCUT2D eigenvalue weighted by Crippen LogP contribution is -2.48. The number of carbonyl (C=O) groups is 1. The number of benzene rings is 1. The number of nitrogens with zero attached hydrogens (tertiary/aromatic N) is 4. The zero-order valence-electron chi connectivity index (χ0n) is 16.6. The number of amides is 1. The number of anilines is 2. The third-order valence-electron chi connectivity index (χ3n) is 5.60. The highest BCUT2D eigenvalue weighted by atomic mass is 19.1. The Hall–Kier alpha value is -2.67. The molecule has 0 unspecified atom stereocenters. The molecule has 0 spiro atoms. The molecule has 7 heteroatoms. The van der Waals surface area contributed by atoms with Crippen LogP contribution in [0.25, 0.3) is 0 Å².